The van der Waals surface area contributed by atoms with Crippen LogP contribution in [-0.4, -0.2) is 128 Å². The van der Waals surface area contributed by atoms with Gasteiger partial charge in [0.25, 0.3) is 5.91 Å². The zero-order chi connectivity index (χ0) is 38.5. The average Bonchev–Trinajstić information content (AvgIpc) is 3.89. The number of aromatic nitrogens is 4. The van der Waals surface area contributed by atoms with Crippen LogP contribution in [0.2, 0.25) is 0 Å². The minimum atomic E-state index is -4.62. The normalized spacial score (nSPS) is 20.3. The van der Waals surface area contributed by atoms with E-state index in [0.717, 1.165) is 40.4 Å². The highest BCUT2D eigenvalue weighted by Crippen LogP contribution is 2.53. The Morgan fingerprint density at radius 2 is 1.87 bits per heavy atom. The van der Waals surface area contributed by atoms with Crippen molar-refractivity contribution in [2.75, 3.05) is 84.3 Å². The molecule has 55 heavy (non-hydrogen) atoms. The molecule has 2 aromatic carbocycles. The van der Waals surface area contributed by atoms with Crippen LogP contribution in [0.15, 0.2) is 36.8 Å². The number of nitrogens with zero attached hydrogens (tertiary/aromatic N) is 6. The van der Waals surface area contributed by atoms with Crippen molar-refractivity contribution >= 4 is 33.5 Å². The summed E-state index contributed by atoms with van der Waals surface area (Å²) in [4.78, 5) is 27.9. The van der Waals surface area contributed by atoms with Gasteiger partial charge in [0, 0.05) is 68.1 Å². The maximum atomic E-state index is 14.1. The van der Waals surface area contributed by atoms with Gasteiger partial charge in [-0.1, -0.05) is 12.6 Å². The van der Waals surface area contributed by atoms with E-state index in [1.165, 1.54) is 4.90 Å². The molecule has 4 aliphatic rings. The number of carbonyl (C=O) groups excluding carboxylic acids is 1. The maximum absolute atomic E-state index is 14.1. The van der Waals surface area contributed by atoms with Gasteiger partial charge in [-0.3, -0.25) is 14.8 Å². The molecule has 16 heteroatoms. The molecule has 3 aliphatic heterocycles. The summed E-state index contributed by atoms with van der Waals surface area (Å²) < 4.78 is 79.2. The Hall–Kier alpha value is -4.54. The molecule has 3 saturated heterocycles. The fourth-order valence-corrected chi connectivity index (χ4v) is 8.36. The number of hydrogen-bond acceptors (Lipinski definition) is 10. The number of aromatic amines is 1. The highest BCUT2D eigenvalue weighted by Gasteiger charge is 2.47. The van der Waals surface area contributed by atoms with E-state index in [9.17, 15) is 22.4 Å². The Balaban J connectivity index is 1.24. The lowest BCUT2D eigenvalue weighted by atomic mass is 9.72. The highest BCUT2D eigenvalue weighted by molar-refractivity contribution is 6.06. The van der Waals surface area contributed by atoms with Crippen LogP contribution in [0.25, 0.3) is 32.9 Å². The molecule has 0 unspecified atom stereocenters. The quantitative estimate of drug-likeness (QED) is 0.137. The third kappa shape index (κ3) is 7.55. The third-order valence-electron chi connectivity index (χ3n) is 11.4. The lowest BCUT2D eigenvalue weighted by Gasteiger charge is -2.54. The van der Waals surface area contributed by atoms with E-state index in [1.54, 1.807) is 13.3 Å². The standard InChI is InChI=1S/C39H45F4N7O5/c1-23-4-7-30-29(17-44-47-30)31(23)32-27(25-5-6-25)16-28-33(34(32)55-22-39(41,42)43)45-37(54-19-26-18-53-15-13-48(26)12-14-52-3)46-35(28)49-10-8-38(9-11-49)20-50(21-38)36(51)24(2)40/h4,7,16-17,25-26H,2,5-6,8-15,18-22H2,1,3H3,(H,44,47)/t26-/m0/s1. The number of rotatable bonds is 12. The molecule has 2 aromatic heterocycles. The van der Waals surface area contributed by atoms with E-state index in [-0.39, 0.29) is 41.3 Å². The molecule has 1 aliphatic carbocycles. The molecule has 1 saturated carbocycles. The molecule has 0 radical (unpaired) electrons. The first kappa shape index (κ1) is 37.4. The number of hydrogen-bond donors (Lipinski definition) is 1. The Bertz CT molecular complexity index is 2090. The Morgan fingerprint density at radius 1 is 1.09 bits per heavy atom. The summed E-state index contributed by atoms with van der Waals surface area (Å²) >= 11 is 0. The topological polar surface area (TPSA) is 118 Å². The zero-order valence-electron chi connectivity index (χ0n) is 31.0. The second-order valence-electron chi connectivity index (χ2n) is 15.3. The van der Waals surface area contributed by atoms with E-state index >= 15 is 0 Å². The number of halogens is 4. The van der Waals surface area contributed by atoms with E-state index < -0.39 is 24.5 Å². The maximum Gasteiger partial charge on any atom is 0.422 e. The summed E-state index contributed by atoms with van der Waals surface area (Å²) in [6.45, 7) is 8.65. The van der Waals surface area contributed by atoms with Crippen molar-refractivity contribution in [2.45, 2.75) is 50.7 Å². The number of carbonyl (C=O) groups is 1. The van der Waals surface area contributed by atoms with E-state index in [0.29, 0.717) is 88.7 Å². The lowest BCUT2D eigenvalue weighted by Crippen LogP contribution is -2.62. The second kappa shape index (κ2) is 14.8. The van der Waals surface area contributed by atoms with Gasteiger partial charge in [0.1, 0.15) is 17.9 Å². The van der Waals surface area contributed by atoms with Gasteiger partial charge in [-0.05, 0) is 67.3 Å². The molecule has 1 amide bonds. The summed E-state index contributed by atoms with van der Waals surface area (Å²) in [7, 11) is 1.65. The predicted molar refractivity (Wildman–Crippen MR) is 197 cm³/mol. The van der Waals surface area contributed by atoms with Crippen molar-refractivity contribution in [3.05, 3.63) is 47.9 Å². The molecule has 1 spiro atoms. The van der Waals surface area contributed by atoms with Crippen LogP contribution in [0.5, 0.6) is 11.8 Å². The number of likely N-dealkylation sites (tertiary alicyclic amines) is 1. The number of aryl methyl sites for hydroxylation is 1. The molecule has 0 bridgehead atoms. The number of amides is 1. The van der Waals surface area contributed by atoms with E-state index in [1.807, 2.05) is 25.1 Å². The zero-order valence-corrected chi connectivity index (χ0v) is 31.0. The largest absolute Gasteiger partial charge is 0.481 e. The molecule has 4 aromatic rings. The fraction of sp³-hybridized carbons (Fsp3) is 0.538. The van der Waals surface area contributed by atoms with Crippen LogP contribution in [0, 0.1) is 12.3 Å². The first-order valence-corrected chi connectivity index (χ1v) is 18.8. The molecule has 5 heterocycles. The van der Waals surface area contributed by atoms with Crippen LogP contribution >= 0.6 is 0 Å². The number of benzene rings is 2. The van der Waals surface area contributed by atoms with Gasteiger partial charge in [0.2, 0.25) is 0 Å². The molecule has 294 valence electrons. The molecular weight excluding hydrogens is 722 g/mol. The minimum absolute atomic E-state index is 0.0159. The molecule has 4 fully saturated rings. The SMILES string of the molecule is C=C(F)C(=O)N1CC2(CCN(c3nc(OC[C@@H]4COCCN4CCOC)nc4c(OCC(F)(F)F)c(-c5c(C)ccc6[nH]ncc56)c(C5CC5)cc34)CC2)C1. The summed E-state index contributed by atoms with van der Waals surface area (Å²) in [6.07, 6.45) is 0.242. The first-order chi connectivity index (χ1) is 26.4. The van der Waals surface area contributed by atoms with Crippen molar-refractivity contribution in [3.8, 4) is 22.9 Å². The summed E-state index contributed by atoms with van der Waals surface area (Å²) in [5.74, 6) is -0.980. The van der Waals surface area contributed by atoms with Gasteiger partial charge < -0.3 is 28.7 Å². The van der Waals surface area contributed by atoms with Crippen molar-refractivity contribution in [1.29, 1.82) is 0 Å². The van der Waals surface area contributed by atoms with Crippen LogP contribution in [-0.2, 0) is 14.3 Å². The van der Waals surface area contributed by atoms with Crippen LogP contribution < -0.4 is 14.4 Å². The van der Waals surface area contributed by atoms with Crippen molar-refractivity contribution in [1.82, 2.24) is 30.0 Å². The Kier molecular flexibility index (Phi) is 10.1. The number of ether oxygens (including phenoxy) is 4. The number of morpholine rings is 1. The predicted octanol–water partition coefficient (Wildman–Crippen LogP) is 5.94. The van der Waals surface area contributed by atoms with Gasteiger partial charge in [-0.25, -0.2) is 4.39 Å². The van der Waals surface area contributed by atoms with E-state index in [4.69, 9.17) is 28.9 Å². The van der Waals surface area contributed by atoms with Crippen LogP contribution in [0.1, 0.15) is 42.7 Å². The molecule has 1 atom stereocenters. The Morgan fingerprint density at radius 3 is 2.58 bits per heavy atom. The number of piperidine rings is 1. The molecule has 1 N–H and O–H groups in total. The summed E-state index contributed by atoms with van der Waals surface area (Å²) in [6, 6.07) is 5.75. The van der Waals surface area contributed by atoms with Gasteiger partial charge in [-0.2, -0.15) is 28.2 Å². The number of alkyl halides is 3. The third-order valence-corrected chi connectivity index (χ3v) is 11.4. The fourth-order valence-electron chi connectivity index (χ4n) is 8.36. The molecule has 8 rings (SSSR count). The molecular formula is C39H45F4N7O5. The lowest BCUT2D eigenvalue weighted by molar-refractivity contribution is -0.153. The summed E-state index contributed by atoms with van der Waals surface area (Å²) in [5.41, 5.74) is 3.85. The minimum Gasteiger partial charge on any atom is -0.481 e. The first-order valence-electron chi connectivity index (χ1n) is 18.8. The molecule has 12 nitrogen and oxygen atoms in total. The van der Waals surface area contributed by atoms with Crippen LogP contribution in [0.4, 0.5) is 23.4 Å². The van der Waals surface area contributed by atoms with Gasteiger partial charge in [-0.15, -0.1) is 0 Å². The number of anilines is 1. The van der Waals surface area contributed by atoms with Gasteiger partial charge >= 0.3 is 12.2 Å². The second-order valence-corrected chi connectivity index (χ2v) is 15.3. The van der Waals surface area contributed by atoms with Crippen molar-refractivity contribution in [2.24, 2.45) is 5.41 Å². The van der Waals surface area contributed by atoms with E-state index in [2.05, 4.69) is 26.6 Å². The van der Waals surface area contributed by atoms with Gasteiger partial charge in [0.05, 0.1) is 37.6 Å². The highest BCUT2D eigenvalue weighted by atomic mass is 19.4. The van der Waals surface area contributed by atoms with Crippen molar-refractivity contribution in [3.63, 3.8) is 0 Å². The number of H-pyrrole nitrogens is 1. The smallest absolute Gasteiger partial charge is 0.422 e. The monoisotopic (exact) mass is 767 g/mol. The number of fused-ring (bicyclic) bond motifs is 2. The average molecular weight is 768 g/mol. The number of methoxy groups -OCH3 is 1. The Labute approximate surface area is 315 Å². The number of nitrogens with one attached hydrogen (secondary N) is 1. The van der Waals surface area contributed by atoms with Crippen LogP contribution in [0.3, 0.4) is 0 Å². The van der Waals surface area contributed by atoms with Gasteiger partial charge in [0.15, 0.2) is 18.2 Å². The van der Waals surface area contributed by atoms with Crippen molar-refractivity contribution < 1.29 is 41.3 Å². The summed E-state index contributed by atoms with van der Waals surface area (Å²) in [5, 5.41) is 8.60.